The van der Waals surface area contributed by atoms with Gasteiger partial charge in [0.15, 0.2) is 11.0 Å². The maximum absolute atomic E-state index is 6.08. The maximum Gasteiger partial charge on any atom is 0.180 e. The summed E-state index contributed by atoms with van der Waals surface area (Å²) in [6, 6.07) is 5.73. The minimum Gasteiger partial charge on any atom is -0.375 e. The number of anilines is 1. The number of nitrogens with two attached hydrogens (primary N) is 1. The van der Waals surface area contributed by atoms with Gasteiger partial charge in [0.05, 0.1) is 11.0 Å². The van der Waals surface area contributed by atoms with Crippen LogP contribution in [0.4, 0.5) is 5.13 Å². The van der Waals surface area contributed by atoms with E-state index in [1.807, 2.05) is 23.6 Å². The first kappa shape index (κ1) is 12.4. The van der Waals surface area contributed by atoms with E-state index >= 15 is 0 Å². The van der Waals surface area contributed by atoms with Gasteiger partial charge in [0.25, 0.3) is 0 Å². The van der Waals surface area contributed by atoms with Crippen LogP contribution in [0.5, 0.6) is 0 Å². The van der Waals surface area contributed by atoms with Crippen molar-refractivity contribution in [2.24, 2.45) is 0 Å². The number of nitrogen functional groups attached to an aromatic ring is 1. The Morgan fingerprint density at radius 1 is 1.37 bits per heavy atom. The average molecular weight is 293 g/mol. The molecule has 0 atom stereocenters. The number of hydrogen-bond donors (Lipinski definition) is 1. The summed E-state index contributed by atoms with van der Waals surface area (Å²) in [6.07, 6.45) is 1.02. The first-order chi connectivity index (χ1) is 9.19. The number of hydrogen-bond acceptors (Lipinski definition) is 4. The van der Waals surface area contributed by atoms with Crippen LogP contribution >= 0.6 is 22.9 Å². The van der Waals surface area contributed by atoms with Crippen molar-refractivity contribution >= 4 is 39.1 Å². The van der Waals surface area contributed by atoms with Gasteiger partial charge >= 0.3 is 0 Å². The molecule has 0 aliphatic carbocycles. The van der Waals surface area contributed by atoms with E-state index in [0.717, 1.165) is 35.5 Å². The van der Waals surface area contributed by atoms with E-state index in [0.29, 0.717) is 10.2 Å². The summed E-state index contributed by atoms with van der Waals surface area (Å²) >= 11 is 7.50. The van der Waals surface area contributed by atoms with Crippen molar-refractivity contribution in [2.45, 2.75) is 19.9 Å². The molecule has 0 amide bonds. The molecule has 0 fully saturated rings. The van der Waals surface area contributed by atoms with E-state index in [2.05, 4.69) is 21.5 Å². The van der Waals surface area contributed by atoms with Crippen molar-refractivity contribution in [1.82, 2.24) is 14.5 Å². The molecule has 1 aromatic carbocycles. The van der Waals surface area contributed by atoms with E-state index in [4.69, 9.17) is 17.3 Å². The summed E-state index contributed by atoms with van der Waals surface area (Å²) in [4.78, 5) is 8.97. The fourth-order valence-corrected chi connectivity index (χ4v) is 2.84. The minimum atomic E-state index is 0.558. The lowest BCUT2D eigenvalue weighted by atomic mass is 10.3. The number of aromatic nitrogens is 3. The third kappa shape index (κ3) is 2.19. The Hall–Kier alpha value is -1.59. The van der Waals surface area contributed by atoms with Gasteiger partial charge in [0.1, 0.15) is 5.69 Å². The number of benzene rings is 1. The molecule has 0 spiro atoms. The molecular weight excluding hydrogens is 280 g/mol. The molecule has 4 nitrogen and oxygen atoms in total. The van der Waals surface area contributed by atoms with E-state index < -0.39 is 0 Å². The highest BCUT2D eigenvalue weighted by molar-refractivity contribution is 7.13. The first-order valence-electron chi connectivity index (χ1n) is 6.06. The molecule has 0 bridgehead atoms. The van der Waals surface area contributed by atoms with Crippen LogP contribution in [0.15, 0.2) is 23.6 Å². The van der Waals surface area contributed by atoms with Gasteiger partial charge in [0.2, 0.25) is 0 Å². The Bertz CT molecular complexity index is 731. The summed E-state index contributed by atoms with van der Waals surface area (Å²) in [7, 11) is 0. The van der Waals surface area contributed by atoms with Gasteiger partial charge in [-0.25, -0.2) is 9.97 Å². The van der Waals surface area contributed by atoms with Gasteiger partial charge < -0.3 is 10.3 Å². The quantitative estimate of drug-likeness (QED) is 0.798. The first-order valence-corrected chi connectivity index (χ1v) is 7.32. The molecule has 0 saturated heterocycles. The van der Waals surface area contributed by atoms with Crippen LogP contribution in [0.1, 0.15) is 13.3 Å². The van der Waals surface area contributed by atoms with Crippen molar-refractivity contribution in [2.75, 3.05) is 5.73 Å². The van der Waals surface area contributed by atoms with Crippen molar-refractivity contribution in [3.63, 3.8) is 0 Å². The SMILES string of the molecule is CCCn1c(-c2csc(N)n2)nc2ccc(Cl)cc21. The lowest BCUT2D eigenvalue weighted by molar-refractivity contribution is 0.703. The lowest BCUT2D eigenvalue weighted by Gasteiger charge is -2.05. The average Bonchev–Trinajstić information content (AvgIpc) is 2.95. The third-order valence-corrected chi connectivity index (χ3v) is 3.82. The molecule has 2 N–H and O–H groups in total. The monoisotopic (exact) mass is 292 g/mol. The van der Waals surface area contributed by atoms with Crippen LogP contribution in [-0.4, -0.2) is 14.5 Å². The number of thiazole rings is 1. The Morgan fingerprint density at radius 3 is 2.89 bits per heavy atom. The van der Waals surface area contributed by atoms with Crippen molar-refractivity contribution in [3.8, 4) is 11.5 Å². The summed E-state index contributed by atoms with van der Waals surface area (Å²) in [6.45, 7) is 3.01. The molecule has 0 aliphatic rings. The number of halogens is 1. The van der Waals surface area contributed by atoms with Crippen LogP contribution in [0.2, 0.25) is 5.02 Å². The van der Waals surface area contributed by atoms with E-state index in [-0.39, 0.29) is 0 Å². The fourth-order valence-electron chi connectivity index (χ4n) is 2.13. The zero-order valence-corrected chi connectivity index (χ0v) is 12.0. The molecule has 3 rings (SSSR count). The minimum absolute atomic E-state index is 0.558. The molecule has 2 aromatic heterocycles. The second kappa shape index (κ2) is 4.83. The summed E-state index contributed by atoms with van der Waals surface area (Å²) in [5.74, 6) is 0.854. The third-order valence-electron chi connectivity index (χ3n) is 2.91. The Balaban J connectivity index is 2.25. The van der Waals surface area contributed by atoms with Crippen molar-refractivity contribution in [1.29, 1.82) is 0 Å². The molecule has 19 heavy (non-hydrogen) atoms. The number of nitrogens with zero attached hydrogens (tertiary/aromatic N) is 3. The predicted molar refractivity (Wildman–Crippen MR) is 80.6 cm³/mol. The maximum atomic E-state index is 6.08. The molecule has 0 saturated carbocycles. The van der Waals surface area contributed by atoms with Crippen molar-refractivity contribution < 1.29 is 0 Å². The molecule has 6 heteroatoms. The number of rotatable bonds is 3. The second-order valence-electron chi connectivity index (χ2n) is 4.29. The molecule has 2 heterocycles. The van der Waals surface area contributed by atoms with Gasteiger partial charge in [-0.2, -0.15) is 0 Å². The van der Waals surface area contributed by atoms with E-state index in [9.17, 15) is 0 Å². The van der Waals surface area contributed by atoms with Crippen LogP contribution in [-0.2, 0) is 6.54 Å². The highest BCUT2D eigenvalue weighted by Crippen LogP contribution is 2.28. The van der Waals surface area contributed by atoms with Crippen LogP contribution in [0.25, 0.3) is 22.6 Å². The van der Waals surface area contributed by atoms with Crippen LogP contribution in [0, 0.1) is 0 Å². The van der Waals surface area contributed by atoms with Crippen molar-refractivity contribution in [3.05, 3.63) is 28.6 Å². The standard InChI is InChI=1S/C13H13ClN4S/c1-2-5-18-11-6-8(14)3-4-9(11)16-12(18)10-7-19-13(15)17-10/h3-4,6-7H,2,5H2,1H3,(H2,15,17). The molecule has 98 valence electrons. The van der Waals surface area contributed by atoms with E-state index in [1.165, 1.54) is 11.3 Å². The molecule has 0 unspecified atom stereocenters. The highest BCUT2D eigenvalue weighted by Gasteiger charge is 2.14. The lowest BCUT2D eigenvalue weighted by Crippen LogP contribution is -2.00. The smallest absolute Gasteiger partial charge is 0.180 e. The molecule has 0 radical (unpaired) electrons. The van der Waals surface area contributed by atoms with Gasteiger partial charge in [0, 0.05) is 16.9 Å². The van der Waals surface area contributed by atoms with E-state index in [1.54, 1.807) is 0 Å². The molecular formula is C13H13ClN4S. The highest BCUT2D eigenvalue weighted by atomic mass is 35.5. The van der Waals surface area contributed by atoms with Gasteiger partial charge in [-0.15, -0.1) is 11.3 Å². The largest absolute Gasteiger partial charge is 0.375 e. The molecule has 3 aromatic rings. The topological polar surface area (TPSA) is 56.7 Å². The summed E-state index contributed by atoms with van der Waals surface area (Å²) in [5.41, 5.74) is 8.50. The number of fused-ring (bicyclic) bond motifs is 1. The zero-order chi connectivity index (χ0) is 13.4. The predicted octanol–water partition coefficient (Wildman–Crippen LogP) is 3.81. The van der Waals surface area contributed by atoms with Gasteiger partial charge in [-0.3, -0.25) is 0 Å². The Kier molecular flexibility index (Phi) is 3.16. The van der Waals surface area contributed by atoms with Gasteiger partial charge in [-0.05, 0) is 24.6 Å². The van der Waals surface area contributed by atoms with Gasteiger partial charge in [-0.1, -0.05) is 18.5 Å². The second-order valence-corrected chi connectivity index (χ2v) is 5.62. The Morgan fingerprint density at radius 2 is 2.21 bits per heavy atom. The Labute approximate surface area is 119 Å². The van der Waals surface area contributed by atoms with Crippen LogP contribution < -0.4 is 5.73 Å². The summed E-state index contributed by atoms with van der Waals surface area (Å²) < 4.78 is 2.15. The number of aryl methyl sites for hydroxylation is 1. The normalized spacial score (nSPS) is 11.3. The molecule has 0 aliphatic heterocycles. The number of imidazole rings is 1. The van der Waals surface area contributed by atoms with Crippen LogP contribution in [0.3, 0.4) is 0 Å². The summed E-state index contributed by atoms with van der Waals surface area (Å²) in [5, 5.41) is 3.21. The zero-order valence-electron chi connectivity index (χ0n) is 10.4. The fraction of sp³-hybridized carbons (Fsp3) is 0.231.